The summed E-state index contributed by atoms with van der Waals surface area (Å²) in [5, 5.41) is 9.41. The van der Waals surface area contributed by atoms with Crippen LogP contribution in [0.1, 0.15) is 29.8 Å². The van der Waals surface area contributed by atoms with Crippen molar-refractivity contribution in [2.45, 2.75) is 20.8 Å². The van der Waals surface area contributed by atoms with E-state index in [1.165, 1.54) is 0 Å². The summed E-state index contributed by atoms with van der Waals surface area (Å²) in [7, 11) is 4.06. The minimum atomic E-state index is -0.859. The number of benzene rings is 1. The topological polar surface area (TPSA) is 43.8 Å². The molecule has 1 N–H and O–H groups in total. The fourth-order valence-corrected chi connectivity index (χ4v) is 2.31. The first-order valence-electron chi connectivity index (χ1n) is 7.05. The minimum absolute atomic E-state index is 0.393. The molecule has 0 bridgehead atoms. The number of anilines is 1. The van der Waals surface area contributed by atoms with Crippen molar-refractivity contribution in [1.29, 1.82) is 0 Å². The van der Waals surface area contributed by atoms with Crippen molar-refractivity contribution in [3.63, 3.8) is 0 Å². The van der Waals surface area contributed by atoms with E-state index in [2.05, 4.69) is 23.6 Å². The van der Waals surface area contributed by atoms with Gasteiger partial charge in [-0.1, -0.05) is 26.0 Å². The van der Waals surface area contributed by atoms with E-state index < -0.39 is 5.97 Å². The quantitative estimate of drug-likeness (QED) is 0.833. The number of aromatic carboxylic acids is 1. The number of likely N-dealkylation sites (N-methyl/N-ethyl adjacent to an activating group) is 1. The summed E-state index contributed by atoms with van der Waals surface area (Å²) in [4.78, 5) is 15.8. The fourth-order valence-electron chi connectivity index (χ4n) is 2.31. The van der Waals surface area contributed by atoms with Gasteiger partial charge in [-0.3, -0.25) is 0 Å². The van der Waals surface area contributed by atoms with E-state index in [1.54, 1.807) is 6.07 Å². The lowest BCUT2D eigenvalue weighted by molar-refractivity contribution is 0.0697. The number of rotatable bonds is 7. The Labute approximate surface area is 122 Å². The first-order valence-corrected chi connectivity index (χ1v) is 7.05. The smallest absolute Gasteiger partial charge is 0.337 e. The third-order valence-corrected chi connectivity index (χ3v) is 3.19. The maximum atomic E-state index is 11.5. The maximum Gasteiger partial charge on any atom is 0.337 e. The maximum absolute atomic E-state index is 11.5. The van der Waals surface area contributed by atoms with Gasteiger partial charge in [0.25, 0.3) is 0 Å². The summed E-state index contributed by atoms with van der Waals surface area (Å²) >= 11 is 0. The third-order valence-electron chi connectivity index (χ3n) is 3.19. The largest absolute Gasteiger partial charge is 0.478 e. The Morgan fingerprint density at radius 2 is 1.90 bits per heavy atom. The molecule has 4 heteroatoms. The number of aryl methyl sites for hydroxylation is 1. The van der Waals surface area contributed by atoms with E-state index in [1.807, 2.05) is 33.2 Å². The molecule has 1 rings (SSSR count). The van der Waals surface area contributed by atoms with Crippen LogP contribution >= 0.6 is 0 Å². The normalized spacial score (nSPS) is 11.2. The van der Waals surface area contributed by atoms with Crippen LogP contribution in [0.25, 0.3) is 0 Å². The molecule has 0 aliphatic carbocycles. The van der Waals surface area contributed by atoms with E-state index in [9.17, 15) is 9.90 Å². The van der Waals surface area contributed by atoms with Gasteiger partial charge in [0.05, 0.1) is 11.3 Å². The standard InChI is InChI=1S/C16H26N2O2/c1-12(2)11-18(10-9-17(4)5)15-13(3)7-6-8-14(15)16(19)20/h6-8,12H,9-11H2,1-5H3,(H,19,20). The van der Waals surface area contributed by atoms with Gasteiger partial charge in [-0.2, -0.15) is 0 Å². The van der Waals surface area contributed by atoms with Crippen LogP contribution in [0.5, 0.6) is 0 Å². The molecule has 0 aromatic heterocycles. The summed E-state index contributed by atoms with van der Waals surface area (Å²) < 4.78 is 0. The number of hydrogen-bond donors (Lipinski definition) is 1. The molecule has 20 heavy (non-hydrogen) atoms. The van der Waals surface area contributed by atoms with E-state index in [-0.39, 0.29) is 0 Å². The fraction of sp³-hybridized carbons (Fsp3) is 0.562. The molecule has 0 aliphatic rings. The average Bonchev–Trinajstić information content (AvgIpc) is 2.33. The number of carboxylic acid groups (broad SMARTS) is 1. The van der Waals surface area contributed by atoms with Crippen LogP contribution in [-0.2, 0) is 0 Å². The van der Waals surface area contributed by atoms with Crippen LogP contribution in [0, 0.1) is 12.8 Å². The van der Waals surface area contributed by atoms with Gasteiger partial charge in [-0.25, -0.2) is 4.79 Å². The first kappa shape index (κ1) is 16.5. The Balaban J connectivity index is 3.14. The monoisotopic (exact) mass is 278 g/mol. The predicted molar refractivity (Wildman–Crippen MR) is 83.7 cm³/mol. The van der Waals surface area contributed by atoms with Crippen molar-refractivity contribution in [1.82, 2.24) is 4.90 Å². The van der Waals surface area contributed by atoms with E-state index in [0.29, 0.717) is 11.5 Å². The lowest BCUT2D eigenvalue weighted by Gasteiger charge is -2.30. The average molecular weight is 278 g/mol. The Kier molecular flexibility index (Phi) is 6.02. The molecule has 1 aromatic rings. The summed E-state index contributed by atoms with van der Waals surface area (Å²) in [6, 6.07) is 5.47. The van der Waals surface area contributed by atoms with Crippen LogP contribution in [0.3, 0.4) is 0 Å². The Bertz CT molecular complexity index is 456. The first-order chi connectivity index (χ1) is 9.32. The van der Waals surface area contributed by atoms with Gasteiger partial charge < -0.3 is 14.9 Å². The van der Waals surface area contributed by atoms with Gasteiger partial charge in [0.2, 0.25) is 0 Å². The molecule has 0 fully saturated rings. The predicted octanol–water partition coefficient (Wildman–Crippen LogP) is 2.72. The number of carboxylic acids is 1. The number of para-hydroxylation sites is 1. The van der Waals surface area contributed by atoms with Gasteiger partial charge in [0, 0.05) is 19.6 Å². The summed E-state index contributed by atoms with van der Waals surface area (Å²) in [6.07, 6.45) is 0. The molecular weight excluding hydrogens is 252 g/mol. The second-order valence-electron chi connectivity index (χ2n) is 5.92. The number of nitrogens with zero attached hydrogens (tertiary/aromatic N) is 2. The highest BCUT2D eigenvalue weighted by atomic mass is 16.4. The molecule has 0 amide bonds. The lowest BCUT2D eigenvalue weighted by atomic mass is 10.0. The molecule has 0 unspecified atom stereocenters. The molecule has 0 saturated carbocycles. The van der Waals surface area contributed by atoms with Crippen LogP contribution in [0.4, 0.5) is 5.69 Å². The molecule has 0 atom stereocenters. The molecule has 0 aliphatic heterocycles. The highest BCUT2D eigenvalue weighted by Gasteiger charge is 2.19. The van der Waals surface area contributed by atoms with Crippen LogP contribution in [0.15, 0.2) is 18.2 Å². The summed E-state index contributed by atoms with van der Waals surface area (Å²) in [5.74, 6) is -0.374. The van der Waals surface area contributed by atoms with E-state index in [0.717, 1.165) is 30.9 Å². The Hall–Kier alpha value is -1.55. The molecular formula is C16H26N2O2. The zero-order chi connectivity index (χ0) is 15.3. The van der Waals surface area contributed by atoms with Crippen molar-refractivity contribution >= 4 is 11.7 Å². The minimum Gasteiger partial charge on any atom is -0.478 e. The zero-order valence-electron chi connectivity index (χ0n) is 13.2. The Morgan fingerprint density at radius 1 is 1.25 bits per heavy atom. The number of hydrogen-bond acceptors (Lipinski definition) is 3. The van der Waals surface area contributed by atoms with Crippen molar-refractivity contribution in [3.8, 4) is 0 Å². The van der Waals surface area contributed by atoms with Gasteiger partial charge in [-0.05, 0) is 38.6 Å². The van der Waals surface area contributed by atoms with Gasteiger partial charge in [-0.15, -0.1) is 0 Å². The van der Waals surface area contributed by atoms with Gasteiger partial charge >= 0.3 is 5.97 Å². The molecule has 112 valence electrons. The van der Waals surface area contributed by atoms with Crippen LogP contribution in [-0.4, -0.2) is 49.7 Å². The van der Waals surface area contributed by atoms with Crippen molar-refractivity contribution < 1.29 is 9.90 Å². The van der Waals surface area contributed by atoms with Crippen LogP contribution < -0.4 is 4.90 Å². The van der Waals surface area contributed by atoms with Crippen LogP contribution in [0.2, 0.25) is 0 Å². The van der Waals surface area contributed by atoms with Crippen molar-refractivity contribution in [3.05, 3.63) is 29.3 Å². The summed E-state index contributed by atoms with van der Waals surface area (Å²) in [6.45, 7) is 8.88. The van der Waals surface area contributed by atoms with Crippen molar-refractivity contribution in [2.24, 2.45) is 5.92 Å². The highest BCUT2D eigenvalue weighted by Crippen LogP contribution is 2.26. The third kappa shape index (κ3) is 4.53. The highest BCUT2D eigenvalue weighted by molar-refractivity contribution is 5.95. The lowest BCUT2D eigenvalue weighted by Crippen LogP contribution is -2.35. The molecule has 1 aromatic carbocycles. The van der Waals surface area contributed by atoms with Gasteiger partial charge in [0.1, 0.15) is 0 Å². The molecule has 0 heterocycles. The number of carbonyl (C=O) groups is 1. The Morgan fingerprint density at radius 3 is 2.40 bits per heavy atom. The van der Waals surface area contributed by atoms with Gasteiger partial charge in [0.15, 0.2) is 0 Å². The molecule has 4 nitrogen and oxygen atoms in total. The molecule has 0 spiro atoms. The second kappa shape index (κ2) is 7.29. The van der Waals surface area contributed by atoms with E-state index >= 15 is 0 Å². The molecule has 0 saturated heterocycles. The SMILES string of the molecule is Cc1cccc(C(=O)O)c1N(CCN(C)C)CC(C)C. The summed E-state index contributed by atoms with van der Waals surface area (Å²) in [5.41, 5.74) is 2.27. The second-order valence-corrected chi connectivity index (χ2v) is 5.92. The molecule has 0 radical (unpaired) electrons. The van der Waals surface area contributed by atoms with E-state index in [4.69, 9.17) is 0 Å². The zero-order valence-corrected chi connectivity index (χ0v) is 13.2. The van der Waals surface area contributed by atoms with Crippen molar-refractivity contribution in [2.75, 3.05) is 38.6 Å².